The molecule has 5 rings (SSSR count). The first-order chi connectivity index (χ1) is 17.6. The Morgan fingerprint density at radius 2 is 1.86 bits per heavy atom. The molecule has 8 heteroatoms. The number of aryl methyl sites for hydroxylation is 1. The van der Waals surface area contributed by atoms with Crippen LogP contribution in [-0.2, 0) is 4.74 Å². The van der Waals surface area contributed by atoms with Gasteiger partial charge in [0.25, 0.3) is 0 Å². The van der Waals surface area contributed by atoms with E-state index < -0.39 is 0 Å². The highest BCUT2D eigenvalue weighted by Gasteiger charge is 2.19. The second kappa shape index (κ2) is 11.1. The molecule has 1 aliphatic rings. The van der Waals surface area contributed by atoms with Gasteiger partial charge < -0.3 is 28.8 Å². The summed E-state index contributed by atoms with van der Waals surface area (Å²) in [7, 11) is 3.41. The number of aromatic amines is 1. The summed E-state index contributed by atoms with van der Waals surface area (Å²) in [4.78, 5) is 14.7. The molecule has 1 aliphatic heterocycles. The van der Waals surface area contributed by atoms with Gasteiger partial charge in [-0.1, -0.05) is 0 Å². The first kappa shape index (κ1) is 24.3. The number of nitrogens with one attached hydrogen (secondary N) is 1. The first-order valence-electron chi connectivity index (χ1n) is 12.6. The van der Waals surface area contributed by atoms with Gasteiger partial charge in [-0.3, -0.25) is 0 Å². The third-order valence-electron chi connectivity index (χ3n) is 6.93. The van der Waals surface area contributed by atoms with Gasteiger partial charge in [0.05, 0.1) is 31.2 Å². The number of H-pyrrole nitrogens is 1. The van der Waals surface area contributed by atoms with E-state index in [0.717, 1.165) is 60.2 Å². The molecule has 1 N–H and O–H groups in total. The highest BCUT2D eigenvalue weighted by molar-refractivity contribution is 5.87. The summed E-state index contributed by atoms with van der Waals surface area (Å²) in [6, 6.07) is 11.9. The van der Waals surface area contributed by atoms with Crippen LogP contribution in [0.4, 0.5) is 0 Å². The van der Waals surface area contributed by atoms with E-state index in [1.54, 1.807) is 14.2 Å². The Bertz CT molecular complexity index is 1310. The highest BCUT2D eigenvalue weighted by Crippen LogP contribution is 2.37. The van der Waals surface area contributed by atoms with E-state index in [2.05, 4.69) is 25.9 Å². The van der Waals surface area contributed by atoms with Crippen LogP contribution in [0.25, 0.3) is 21.8 Å². The molecule has 8 nitrogen and oxygen atoms in total. The number of benzene rings is 2. The average Bonchev–Trinajstić information content (AvgIpc) is 3.27. The largest absolute Gasteiger partial charge is 0.493 e. The van der Waals surface area contributed by atoms with Gasteiger partial charge in [0.1, 0.15) is 12.1 Å². The fourth-order valence-electron chi connectivity index (χ4n) is 4.88. The van der Waals surface area contributed by atoms with Gasteiger partial charge in [0, 0.05) is 36.3 Å². The molecule has 2 aromatic heterocycles. The van der Waals surface area contributed by atoms with Crippen molar-refractivity contribution in [3.63, 3.8) is 0 Å². The Morgan fingerprint density at radius 1 is 1.00 bits per heavy atom. The van der Waals surface area contributed by atoms with Gasteiger partial charge >= 0.3 is 0 Å². The summed E-state index contributed by atoms with van der Waals surface area (Å²) in [6.45, 7) is 6.76. The molecule has 0 radical (unpaired) electrons. The van der Waals surface area contributed by atoms with Crippen molar-refractivity contribution in [3.05, 3.63) is 48.4 Å². The van der Waals surface area contributed by atoms with Crippen molar-refractivity contribution >= 4 is 21.8 Å². The normalized spacial score (nSPS) is 15.0. The maximum atomic E-state index is 6.18. The minimum Gasteiger partial charge on any atom is -0.493 e. The van der Waals surface area contributed by atoms with Crippen molar-refractivity contribution in [2.75, 3.05) is 47.1 Å². The van der Waals surface area contributed by atoms with E-state index >= 15 is 0 Å². The molecular formula is C28H34N4O4. The molecule has 0 amide bonds. The van der Waals surface area contributed by atoms with E-state index in [0.29, 0.717) is 35.7 Å². The van der Waals surface area contributed by atoms with Crippen LogP contribution in [0.2, 0.25) is 0 Å². The summed E-state index contributed by atoms with van der Waals surface area (Å²) < 4.78 is 23.2. The fourth-order valence-corrected chi connectivity index (χ4v) is 4.88. The predicted molar refractivity (Wildman–Crippen MR) is 140 cm³/mol. The minimum absolute atomic E-state index is 0.483. The number of hydrogen-bond donors (Lipinski definition) is 1. The first-order valence-corrected chi connectivity index (χ1v) is 12.6. The molecule has 1 saturated heterocycles. The molecule has 1 fully saturated rings. The van der Waals surface area contributed by atoms with E-state index in [4.69, 9.17) is 18.9 Å². The molecule has 3 heterocycles. The Labute approximate surface area is 211 Å². The van der Waals surface area contributed by atoms with Gasteiger partial charge in [-0.05, 0) is 75.5 Å². The Hall–Kier alpha value is -3.36. The number of piperidine rings is 1. The number of rotatable bonds is 10. The van der Waals surface area contributed by atoms with Crippen LogP contribution in [0, 0.1) is 12.8 Å². The lowest BCUT2D eigenvalue weighted by Gasteiger charge is -2.31. The minimum atomic E-state index is 0.483. The summed E-state index contributed by atoms with van der Waals surface area (Å²) >= 11 is 0. The molecule has 0 spiro atoms. The summed E-state index contributed by atoms with van der Waals surface area (Å²) in [6.07, 6.45) is 4.94. The number of likely N-dealkylation sites (tertiary alicyclic amines) is 1. The second-order valence-electron chi connectivity index (χ2n) is 9.42. The maximum absolute atomic E-state index is 6.18. The number of aromatic nitrogens is 3. The van der Waals surface area contributed by atoms with E-state index in [1.165, 1.54) is 19.2 Å². The van der Waals surface area contributed by atoms with Crippen LogP contribution < -0.4 is 14.2 Å². The topological polar surface area (TPSA) is 81.7 Å². The van der Waals surface area contributed by atoms with Crippen LogP contribution in [0.3, 0.4) is 0 Å². The van der Waals surface area contributed by atoms with Crippen LogP contribution in [0.1, 0.15) is 25.0 Å². The molecule has 0 aliphatic carbocycles. The van der Waals surface area contributed by atoms with Gasteiger partial charge in [0.15, 0.2) is 11.5 Å². The molecule has 4 aromatic rings. The van der Waals surface area contributed by atoms with Gasteiger partial charge in [-0.25, -0.2) is 9.97 Å². The Kier molecular flexibility index (Phi) is 7.53. The summed E-state index contributed by atoms with van der Waals surface area (Å²) in [5, 5.41) is 1.87. The molecule has 0 unspecified atom stereocenters. The molecule has 36 heavy (non-hydrogen) atoms. The van der Waals surface area contributed by atoms with Gasteiger partial charge in [-0.15, -0.1) is 0 Å². The average molecular weight is 491 g/mol. The molecule has 0 atom stereocenters. The third kappa shape index (κ3) is 5.55. The predicted octanol–water partition coefficient (Wildman–Crippen LogP) is 5.35. The lowest BCUT2D eigenvalue weighted by molar-refractivity contribution is 0.114. The lowest BCUT2D eigenvalue weighted by atomic mass is 9.94. The number of fused-ring (bicyclic) bond motifs is 2. The zero-order valence-electron chi connectivity index (χ0n) is 21.3. The third-order valence-corrected chi connectivity index (χ3v) is 6.93. The van der Waals surface area contributed by atoms with E-state index in [9.17, 15) is 0 Å². The van der Waals surface area contributed by atoms with Crippen molar-refractivity contribution in [3.8, 4) is 23.1 Å². The van der Waals surface area contributed by atoms with E-state index in [1.807, 2.05) is 37.3 Å². The van der Waals surface area contributed by atoms with Gasteiger partial charge in [0.2, 0.25) is 5.88 Å². The van der Waals surface area contributed by atoms with Crippen molar-refractivity contribution in [2.24, 2.45) is 5.92 Å². The highest BCUT2D eigenvalue weighted by atomic mass is 16.5. The maximum Gasteiger partial charge on any atom is 0.230 e. The summed E-state index contributed by atoms with van der Waals surface area (Å²) in [5.74, 6) is 3.22. The molecule has 190 valence electrons. The number of methoxy groups -OCH3 is 2. The van der Waals surface area contributed by atoms with Crippen LogP contribution in [0.15, 0.2) is 42.7 Å². The van der Waals surface area contributed by atoms with Crippen molar-refractivity contribution in [1.82, 2.24) is 19.9 Å². The van der Waals surface area contributed by atoms with Crippen molar-refractivity contribution in [1.29, 1.82) is 0 Å². The number of nitrogens with zero attached hydrogens (tertiary/aromatic N) is 3. The quantitative estimate of drug-likeness (QED) is 0.321. The van der Waals surface area contributed by atoms with E-state index in [-0.39, 0.29) is 0 Å². The number of ether oxygens (including phenoxy) is 4. The second-order valence-corrected chi connectivity index (χ2v) is 9.42. The van der Waals surface area contributed by atoms with Crippen LogP contribution >= 0.6 is 0 Å². The monoisotopic (exact) mass is 490 g/mol. The fraction of sp³-hybridized carbons (Fsp3) is 0.429. The summed E-state index contributed by atoms with van der Waals surface area (Å²) in [5.41, 5.74) is 2.94. The smallest absolute Gasteiger partial charge is 0.230 e. The molecule has 0 saturated carbocycles. The zero-order valence-corrected chi connectivity index (χ0v) is 21.3. The zero-order chi connectivity index (χ0) is 24.9. The van der Waals surface area contributed by atoms with Crippen molar-refractivity contribution in [2.45, 2.75) is 26.2 Å². The Morgan fingerprint density at radius 3 is 2.67 bits per heavy atom. The molecule has 0 bridgehead atoms. The Balaban J connectivity index is 1.26. The standard InChI is InChI=1S/C28H34N4O4/c1-19-14-21-15-22(4-5-24(21)31-19)36-28-23-16-26(34-3)27(17-25(23)29-18-30-28)35-12-8-20-6-9-32(10-7-20)11-13-33-2/h4-5,14-18,20,31H,6-13H2,1-3H3. The van der Waals surface area contributed by atoms with Crippen LogP contribution in [-0.4, -0.2) is 66.9 Å². The molecule has 2 aromatic carbocycles. The van der Waals surface area contributed by atoms with Gasteiger partial charge in [-0.2, -0.15) is 0 Å². The lowest BCUT2D eigenvalue weighted by Crippen LogP contribution is -2.36. The number of hydrogen-bond acceptors (Lipinski definition) is 7. The van der Waals surface area contributed by atoms with Crippen LogP contribution in [0.5, 0.6) is 23.1 Å². The SMILES string of the molecule is COCCN1CCC(CCOc2cc3ncnc(Oc4ccc5[nH]c(C)cc5c4)c3cc2OC)CC1. The molecular weight excluding hydrogens is 456 g/mol. The van der Waals surface area contributed by atoms with Crippen molar-refractivity contribution < 1.29 is 18.9 Å².